The summed E-state index contributed by atoms with van der Waals surface area (Å²) >= 11 is 0. The third-order valence-corrected chi connectivity index (χ3v) is 4.31. The van der Waals surface area contributed by atoms with Crippen LogP contribution in [-0.4, -0.2) is 43.7 Å². The number of fused-ring (bicyclic) bond motifs is 1. The molecular weight excluding hydrogens is 290 g/mol. The largest absolute Gasteiger partial charge is 0.393 e. The fourth-order valence-corrected chi connectivity index (χ4v) is 3.01. The van der Waals surface area contributed by atoms with E-state index >= 15 is 0 Å². The van der Waals surface area contributed by atoms with Crippen molar-refractivity contribution in [1.29, 1.82) is 0 Å². The highest BCUT2D eigenvalue weighted by atomic mass is 16.3. The molecule has 3 aromatic heterocycles. The van der Waals surface area contributed by atoms with Gasteiger partial charge in [0.1, 0.15) is 5.82 Å². The molecule has 3 aromatic rings. The van der Waals surface area contributed by atoms with E-state index in [4.69, 9.17) is 4.98 Å². The maximum Gasteiger partial charge on any atom is 0.155 e. The molecule has 0 saturated carbocycles. The van der Waals surface area contributed by atoms with E-state index in [1.165, 1.54) is 0 Å². The van der Waals surface area contributed by atoms with Gasteiger partial charge >= 0.3 is 0 Å². The van der Waals surface area contributed by atoms with Crippen LogP contribution in [0, 0.1) is 6.92 Å². The quantitative estimate of drug-likeness (QED) is 0.785. The number of aliphatic hydroxyl groups excluding tert-OH is 1. The van der Waals surface area contributed by atoms with Crippen LogP contribution in [0.3, 0.4) is 0 Å². The summed E-state index contributed by atoms with van der Waals surface area (Å²) in [5, 5.41) is 9.66. The topological polar surface area (TPSA) is 66.6 Å². The lowest BCUT2D eigenvalue weighted by Crippen LogP contribution is -2.36. The molecule has 0 radical (unpaired) electrons. The Kier molecular flexibility index (Phi) is 3.46. The van der Waals surface area contributed by atoms with Gasteiger partial charge in [0, 0.05) is 19.3 Å². The van der Waals surface area contributed by atoms with Crippen LogP contribution < -0.4 is 4.90 Å². The molecule has 0 aliphatic carbocycles. The third kappa shape index (κ3) is 2.66. The highest BCUT2D eigenvalue weighted by Gasteiger charge is 2.18. The van der Waals surface area contributed by atoms with Crippen molar-refractivity contribution >= 4 is 11.5 Å². The van der Waals surface area contributed by atoms with Crippen molar-refractivity contribution in [2.45, 2.75) is 25.9 Å². The van der Waals surface area contributed by atoms with Gasteiger partial charge in [-0.1, -0.05) is 6.07 Å². The summed E-state index contributed by atoms with van der Waals surface area (Å²) < 4.78 is 2.02. The number of hydrogen-bond acceptors (Lipinski definition) is 5. The number of aliphatic hydroxyl groups is 1. The molecule has 4 rings (SSSR count). The molecule has 1 aliphatic rings. The van der Waals surface area contributed by atoms with Gasteiger partial charge in [0.25, 0.3) is 0 Å². The lowest BCUT2D eigenvalue weighted by Gasteiger charge is -2.30. The van der Waals surface area contributed by atoms with Crippen LogP contribution in [0.1, 0.15) is 18.5 Å². The Morgan fingerprint density at radius 3 is 2.78 bits per heavy atom. The number of pyridine rings is 1. The average Bonchev–Trinajstić information content (AvgIpc) is 2.98. The SMILES string of the molecule is Cc1cn2c(-c3cccc(N4CCC(O)CC4)n3)cnc2cn1. The summed E-state index contributed by atoms with van der Waals surface area (Å²) in [6.45, 7) is 3.65. The predicted octanol–water partition coefficient (Wildman–Crippen LogP) is 2.06. The van der Waals surface area contributed by atoms with Crippen LogP contribution in [0.25, 0.3) is 17.0 Å². The molecular formula is C17H19N5O. The van der Waals surface area contributed by atoms with Crippen molar-refractivity contribution in [2.24, 2.45) is 0 Å². The fourth-order valence-electron chi connectivity index (χ4n) is 3.01. The Hall–Kier alpha value is -2.47. The van der Waals surface area contributed by atoms with Gasteiger partial charge in [0.2, 0.25) is 0 Å². The standard InChI is InChI=1S/C17H19N5O/c1-12-11-22-15(9-19-17(22)10-18-12)14-3-2-4-16(20-14)21-7-5-13(23)6-8-21/h2-4,9-11,13,23H,5-8H2,1H3. The van der Waals surface area contributed by atoms with Crippen LogP contribution in [-0.2, 0) is 0 Å². The predicted molar refractivity (Wildman–Crippen MR) is 88.4 cm³/mol. The molecule has 118 valence electrons. The van der Waals surface area contributed by atoms with Gasteiger partial charge in [0.15, 0.2) is 5.65 Å². The summed E-state index contributed by atoms with van der Waals surface area (Å²) in [6.07, 6.45) is 7.00. The molecule has 1 saturated heterocycles. The first-order valence-electron chi connectivity index (χ1n) is 7.91. The lowest BCUT2D eigenvalue weighted by molar-refractivity contribution is 0.145. The Bertz CT molecular complexity index is 836. The van der Waals surface area contributed by atoms with Gasteiger partial charge in [-0.05, 0) is 31.9 Å². The summed E-state index contributed by atoms with van der Waals surface area (Å²) in [4.78, 5) is 15.7. The van der Waals surface area contributed by atoms with Crippen molar-refractivity contribution in [3.8, 4) is 11.4 Å². The second-order valence-corrected chi connectivity index (χ2v) is 6.00. The molecule has 0 aromatic carbocycles. The summed E-state index contributed by atoms with van der Waals surface area (Å²) in [5.41, 5.74) is 3.62. The molecule has 0 atom stereocenters. The van der Waals surface area contributed by atoms with Crippen molar-refractivity contribution in [3.63, 3.8) is 0 Å². The number of rotatable bonds is 2. The lowest BCUT2D eigenvalue weighted by atomic mass is 10.1. The Balaban J connectivity index is 1.71. The zero-order chi connectivity index (χ0) is 15.8. The first-order chi connectivity index (χ1) is 11.2. The van der Waals surface area contributed by atoms with E-state index in [0.717, 1.165) is 54.5 Å². The van der Waals surface area contributed by atoms with Crippen molar-refractivity contribution < 1.29 is 5.11 Å². The zero-order valence-corrected chi connectivity index (χ0v) is 13.1. The highest BCUT2D eigenvalue weighted by Crippen LogP contribution is 2.23. The van der Waals surface area contributed by atoms with Crippen LogP contribution in [0.2, 0.25) is 0 Å². The molecule has 1 fully saturated rings. The molecule has 1 N–H and O–H groups in total. The molecule has 4 heterocycles. The first kappa shape index (κ1) is 14.1. The smallest absolute Gasteiger partial charge is 0.155 e. The first-order valence-corrected chi connectivity index (χ1v) is 7.91. The average molecular weight is 309 g/mol. The number of aryl methyl sites for hydroxylation is 1. The van der Waals surface area contributed by atoms with E-state index in [0.29, 0.717) is 0 Å². The molecule has 0 amide bonds. The molecule has 0 spiro atoms. The van der Waals surface area contributed by atoms with Gasteiger partial charge in [-0.3, -0.25) is 9.38 Å². The zero-order valence-electron chi connectivity index (χ0n) is 13.1. The van der Waals surface area contributed by atoms with Crippen LogP contribution in [0.5, 0.6) is 0 Å². The minimum Gasteiger partial charge on any atom is -0.393 e. The number of imidazole rings is 1. The second-order valence-electron chi connectivity index (χ2n) is 6.00. The van der Waals surface area contributed by atoms with Crippen molar-refractivity contribution in [1.82, 2.24) is 19.4 Å². The number of nitrogens with zero attached hydrogens (tertiary/aromatic N) is 5. The molecule has 1 aliphatic heterocycles. The summed E-state index contributed by atoms with van der Waals surface area (Å²) in [7, 11) is 0. The third-order valence-electron chi connectivity index (χ3n) is 4.31. The molecule has 6 heteroatoms. The minimum absolute atomic E-state index is 0.177. The Morgan fingerprint density at radius 1 is 1.13 bits per heavy atom. The van der Waals surface area contributed by atoms with Gasteiger partial charge in [-0.15, -0.1) is 0 Å². The summed E-state index contributed by atoms with van der Waals surface area (Å²) in [5.74, 6) is 0.954. The highest BCUT2D eigenvalue weighted by molar-refractivity contribution is 5.61. The van der Waals surface area contributed by atoms with Gasteiger partial charge in [0.05, 0.1) is 35.6 Å². The molecule has 0 bridgehead atoms. The maximum absolute atomic E-state index is 9.66. The number of hydrogen-bond donors (Lipinski definition) is 1. The number of anilines is 1. The minimum atomic E-state index is -0.177. The van der Waals surface area contributed by atoms with E-state index < -0.39 is 0 Å². The van der Waals surface area contributed by atoms with Gasteiger partial charge in [-0.25, -0.2) is 9.97 Å². The van der Waals surface area contributed by atoms with Gasteiger partial charge in [-0.2, -0.15) is 0 Å². The Morgan fingerprint density at radius 2 is 1.96 bits per heavy atom. The molecule has 0 unspecified atom stereocenters. The second kappa shape index (κ2) is 5.62. The molecule has 23 heavy (non-hydrogen) atoms. The summed E-state index contributed by atoms with van der Waals surface area (Å²) in [6, 6.07) is 6.05. The van der Waals surface area contributed by atoms with E-state index in [2.05, 4.69) is 14.9 Å². The van der Waals surface area contributed by atoms with E-state index in [1.807, 2.05) is 41.9 Å². The molecule has 6 nitrogen and oxygen atoms in total. The number of aromatic nitrogens is 4. The van der Waals surface area contributed by atoms with Gasteiger partial charge < -0.3 is 10.0 Å². The van der Waals surface area contributed by atoms with E-state index in [9.17, 15) is 5.11 Å². The van der Waals surface area contributed by atoms with Crippen LogP contribution in [0.15, 0.2) is 36.8 Å². The fraction of sp³-hybridized carbons (Fsp3) is 0.353. The van der Waals surface area contributed by atoms with Crippen LogP contribution >= 0.6 is 0 Å². The number of piperidine rings is 1. The van der Waals surface area contributed by atoms with Crippen molar-refractivity contribution in [3.05, 3.63) is 42.5 Å². The normalized spacial score (nSPS) is 16.2. The monoisotopic (exact) mass is 309 g/mol. The van der Waals surface area contributed by atoms with E-state index in [-0.39, 0.29) is 6.10 Å². The Labute approximate surface area is 134 Å². The van der Waals surface area contributed by atoms with E-state index in [1.54, 1.807) is 6.20 Å². The van der Waals surface area contributed by atoms with Crippen LogP contribution in [0.4, 0.5) is 5.82 Å². The van der Waals surface area contributed by atoms with Crippen molar-refractivity contribution in [2.75, 3.05) is 18.0 Å². The maximum atomic E-state index is 9.66.